The van der Waals surface area contributed by atoms with Crippen LogP contribution in [0.3, 0.4) is 0 Å². The van der Waals surface area contributed by atoms with Crippen molar-refractivity contribution in [3.8, 4) is 5.75 Å². The second-order valence-electron chi connectivity index (χ2n) is 8.94. The molecule has 0 radical (unpaired) electrons. The lowest BCUT2D eigenvalue weighted by atomic mass is 9.87. The number of thiophene rings is 1. The zero-order valence-corrected chi connectivity index (χ0v) is 22.2. The molecule has 9 nitrogen and oxygen atoms in total. The van der Waals surface area contributed by atoms with Crippen LogP contribution in [-0.4, -0.2) is 40.8 Å². The number of carbonyl (C=O) groups is 3. The van der Waals surface area contributed by atoms with Crippen LogP contribution in [0.15, 0.2) is 36.5 Å². The van der Waals surface area contributed by atoms with Gasteiger partial charge in [0.2, 0.25) is 0 Å². The van der Waals surface area contributed by atoms with E-state index in [0.717, 1.165) is 11.3 Å². The first kappa shape index (κ1) is 26.9. The summed E-state index contributed by atoms with van der Waals surface area (Å²) in [6.07, 6.45) is 1.62. The molecule has 2 heterocycles. The highest BCUT2D eigenvalue weighted by molar-refractivity contribution is 7.18. The molecular formula is C26H31N3O6S. The summed E-state index contributed by atoms with van der Waals surface area (Å²) in [5, 5.41) is 7.14. The van der Waals surface area contributed by atoms with Gasteiger partial charge in [-0.3, -0.25) is 4.79 Å². The second-order valence-corrected chi connectivity index (χ2v) is 9.96. The fourth-order valence-electron chi connectivity index (χ4n) is 3.36. The van der Waals surface area contributed by atoms with Gasteiger partial charge in [0.05, 0.1) is 18.8 Å². The molecule has 10 heteroatoms. The largest absolute Gasteiger partial charge is 0.471 e. The number of hydrogen-bond donors (Lipinski definition) is 1. The van der Waals surface area contributed by atoms with E-state index in [1.54, 1.807) is 27.0 Å². The fraction of sp³-hybridized carbons (Fsp3) is 0.385. The SMILES string of the molecule is CCOC(=O)c1sc(NC(=O)c2ccn(COc3ccc(C(C)(C)C)cc3)n2)c(C(=O)OCC)c1C. The number of rotatable bonds is 9. The van der Waals surface area contributed by atoms with Crippen LogP contribution in [-0.2, 0) is 21.6 Å². The van der Waals surface area contributed by atoms with Gasteiger partial charge >= 0.3 is 11.9 Å². The molecule has 3 aromatic rings. The van der Waals surface area contributed by atoms with Crippen molar-refractivity contribution in [2.24, 2.45) is 0 Å². The van der Waals surface area contributed by atoms with Gasteiger partial charge in [0, 0.05) is 6.20 Å². The average Bonchev–Trinajstić information content (AvgIpc) is 3.42. The summed E-state index contributed by atoms with van der Waals surface area (Å²) in [4.78, 5) is 38.0. The Hall–Kier alpha value is -3.66. The standard InChI is InChI=1S/C26H31N3O6S/c1-7-33-24(31)20-16(3)21(25(32)34-8-2)36-23(20)27-22(30)19-13-14-29(28-19)15-35-18-11-9-17(10-12-18)26(4,5)6/h9-14H,7-8,15H2,1-6H3,(H,27,30). The maximum Gasteiger partial charge on any atom is 0.348 e. The van der Waals surface area contributed by atoms with Crippen LogP contribution in [0.4, 0.5) is 5.00 Å². The van der Waals surface area contributed by atoms with Crippen molar-refractivity contribution >= 4 is 34.2 Å². The monoisotopic (exact) mass is 513 g/mol. The predicted octanol–water partition coefficient (Wildman–Crippen LogP) is 5.19. The molecule has 0 atom stereocenters. The van der Waals surface area contributed by atoms with Gasteiger partial charge in [0.15, 0.2) is 12.4 Å². The molecule has 0 bridgehead atoms. The first-order valence-electron chi connectivity index (χ1n) is 11.6. The summed E-state index contributed by atoms with van der Waals surface area (Å²) in [5.41, 5.74) is 1.89. The van der Waals surface area contributed by atoms with Gasteiger partial charge in [-0.15, -0.1) is 11.3 Å². The van der Waals surface area contributed by atoms with Crippen LogP contribution in [0.25, 0.3) is 0 Å². The predicted molar refractivity (Wildman–Crippen MR) is 137 cm³/mol. The van der Waals surface area contributed by atoms with Gasteiger partial charge in [0.1, 0.15) is 15.6 Å². The second kappa shape index (κ2) is 11.4. The van der Waals surface area contributed by atoms with E-state index in [1.165, 1.54) is 16.3 Å². The molecule has 1 N–H and O–H groups in total. The van der Waals surface area contributed by atoms with E-state index in [-0.39, 0.29) is 46.5 Å². The van der Waals surface area contributed by atoms with Crippen LogP contribution in [0.1, 0.15) is 76.3 Å². The molecule has 0 aliphatic heterocycles. The molecule has 0 spiro atoms. The number of esters is 2. The van der Waals surface area contributed by atoms with Crippen LogP contribution in [0, 0.1) is 6.92 Å². The summed E-state index contributed by atoms with van der Waals surface area (Å²) < 4.78 is 17.5. The topological polar surface area (TPSA) is 109 Å². The Bertz CT molecular complexity index is 1240. The van der Waals surface area contributed by atoms with Crippen molar-refractivity contribution in [2.45, 2.75) is 53.7 Å². The van der Waals surface area contributed by atoms with Crippen molar-refractivity contribution in [2.75, 3.05) is 18.5 Å². The maximum atomic E-state index is 12.9. The van der Waals surface area contributed by atoms with E-state index in [0.29, 0.717) is 11.3 Å². The number of carbonyl (C=O) groups excluding carboxylic acids is 3. The number of aromatic nitrogens is 2. The van der Waals surface area contributed by atoms with Gasteiger partial charge in [-0.05, 0) is 55.5 Å². The number of benzene rings is 1. The Balaban J connectivity index is 1.72. The number of amides is 1. The first-order valence-corrected chi connectivity index (χ1v) is 12.4. The molecular weight excluding hydrogens is 482 g/mol. The third-order valence-corrected chi connectivity index (χ3v) is 6.46. The molecule has 1 amide bonds. The summed E-state index contributed by atoms with van der Waals surface area (Å²) in [7, 11) is 0. The minimum absolute atomic E-state index is 0.0497. The van der Waals surface area contributed by atoms with Crippen molar-refractivity contribution in [3.05, 3.63) is 63.8 Å². The minimum Gasteiger partial charge on any atom is -0.471 e. The number of hydrogen-bond acceptors (Lipinski definition) is 8. The number of nitrogens with zero attached hydrogens (tertiary/aromatic N) is 2. The Morgan fingerprint density at radius 3 is 2.25 bits per heavy atom. The fourth-order valence-corrected chi connectivity index (χ4v) is 4.44. The highest BCUT2D eigenvalue weighted by Crippen LogP contribution is 2.34. The molecule has 0 fully saturated rings. The van der Waals surface area contributed by atoms with Gasteiger partial charge in [-0.2, -0.15) is 5.10 Å². The molecule has 0 aliphatic carbocycles. The molecule has 0 unspecified atom stereocenters. The summed E-state index contributed by atoms with van der Waals surface area (Å²) in [5.74, 6) is -1.05. The number of nitrogens with one attached hydrogen (secondary N) is 1. The molecule has 36 heavy (non-hydrogen) atoms. The van der Waals surface area contributed by atoms with E-state index < -0.39 is 17.8 Å². The summed E-state index contributed by atoms with van der Waals surface area (Å²) in [6, 6.07) is 9.37. The maximum absolute atomic E-state index is 12.9. The molecule has 1 aromatic carbocycles. The summed E-state index contributed by atoms with van der Waals surface area (Å²) in [6.45, 7) is 11.9. The molecule has 0 saturated heterocycles. The van der Waals surface area contributed by atoms with Crippen molar-refractivity contribution in [1.82, 2.24) is 9.78 Å². The van der Waals surface area contributed by atoms with Gasteiger partial charge in [-0.1, -0.05) is 32.9 Å². The number of anilines is 1. The van der Waals surface area contributed by atoms with Crippen LogP contribution >= 0.6 is 11.3 Å². The zero-order chi connectivity index (χ0) is 26.5. The summed E-state index contributed by atoms with van der Waals surface area (Å²) >= 11 is 0.962. The highest BCUT2D eigenvalue weighted by Gasteiger charge is 2.28. The Morgan fingerprint density at radius 2 is 1.64 bits per heavy atom. The van der Waals surface area contributed by atoms with E-state index in [1.807, 2.05) is 24.3 Å². The highest BCUT2D eigenvalue weighted by atomic mass is 32.1. The van der Waals surface area contributed by atoms with Crippen molar-refractivity contribution < 1.29 is 28.6 Å². The lowest BCUT2D eigenvalue weighted by Gasteiger charge is -2.19. The molecule has 2 aromatic heterocycles. The Labute approximate surface area is 214 Å². The number of ether oxygens (including phenoxy) is 3. The van der Waals surface area contributed by atoms with Crippen LogP contribution in [0.2, 0.25) is 0 Å². The van der Waals surface area contributed by atoms with Gasteiger partial charge in [-0.25, -0.2) is 14.3 Å². The van der Waals surface area contributed by atoms with Gasteiger partial charge in [0.25, 0.3) is 5.91 Å². The molecule has 3 rings (SSSR count). The smallest absolute Gasteiger partial charge is 0.348 e. The normalized spacial score (nSPS) is 11.2. The Morgan fingerprint density at radius 1 is 1.00 bits per heavy atom. The van der Waals surface area contributed by atoms with E-state index in [2.05, 4.69) is 31.2 Å². The van der Waals surface area contributed by atoms with E-state index in [4.69, 9.17) is 14.2 Å². The molecule has 192 valence electrons. The zero-order valence-electron chi connectivity index (χ0n) is 21.3. The molecule has 0 aliphatic rings. The van der Waals surface area contributed by atoms with Crippen molar-refractivity contribution in [1.29, 1.82) is 0 Å². The lowest BCUT2D eigenvalue weighted by molar-refractivity contribution is 0.0527. The van der Waals surface area contributed by atoms with E-state index >= 15 is 0 Å². The van der Waals surface area contributed by atoms with Crippen LogP contribution in [0.5, 0.6) is 5.75 Å². The third-order valence-electron chi connectivity index (χ3n) is 5.27. The van der Waals surface area contributed by atoms with Crippen molar-refractivity contribution in [3.63, 3.8) is 0 Å². The van der Waals surface area contributed by atoms with Gasteiger partial charge < -0.3 is 19.5 Å². The first-order chi connectivity index (χ1) is 17.0. The van der Waals surface area contributed by atoms with E-state index in [9.17, 15) is 14.4 Å². The minimum atomic E-state index is -0.631. The Kier molecular flexibility index (Phi) is 8.52. The third kappa shape index (κ3) is 6.31. The molecule has 0 saturated carbocycles. The average molecular weight is 514 g/mol. The quantitative estimate of drug-likeness (QED) is 0.392. The lowest BCUT2D eigenvalue weighted by Crippen LogP contribution is -2.16. The van der Waals surface area contributed by atoms with Crippen LogP contribution < -0.4 is 10.1 Å².